The quantitative estimate of drug-likeness (QED) is 0.693. The number of sulfonamides is 1. The van der Waals surface area contributed by atoms with Crippen LogP contribution in [0.1, 0.15) is 0 Å². The van der Waals surface area contributed by atoms with E-state index in [0.717, 1.165) is 18.2 Å². The highest BCUT2D eigenvalue weighted by molar-refractivity contribution is 7.92. The number of rotatable bonds is 4. The Morgan fingerprint density at radius 3 is 2.30 bits per heavy atom. The van der Waals surface area contributed by atoms with Gasteiger partial charge in [-0.1, -0.05) is 24.3 Å². The fourth-order valence-corrected chi connectivity index (χ4v) is 2.91. The number of anilines is 1. The van der Waals surface area contributed by atoms with Crippen molar-refractivity contribution in [1.29, 1.82) is 0 Å². The summed E-state index contributed by atoms with van der Waals surface area (Å²) in [5.74, 6) is -1.18. The van der Waals surface area contributed by atoms with Crippen molar-refractivity contribution in [3.05, 3.63) is 64.5 Å². The minimum atomic E-state index is -4.39. The molecule has 0 aromatic heterocycles. The summed E-state index contributed by atoms with van der Waals surface area (Å²) in [4.78, 5) is 8.90. The molecule has 0 saturated carbocycles. The molecule has 0 aliphatic rings. The summed E-state index contributed by atoms with van der Waals surface area (Å²) in [5, 5.41) is 10.8. The molecule has 2 aromatic carbocycles. The van der Waals surface area contributed by atoms with Crippen molar-refractivity contribution in [2.45, 2.75) is 4.90 Å². The second-order valence-corrected chi connectivity index (χ2v) is 5.44. The molecule has 0 spiro atoms. The Balaban J connectivity index is 2.53. The molecule has 1 N–H and O–H groups in total. The second-order valence-electron chi connectivity index (χ2n) is 3.82. The molecule has 0 unspecified atom stereocenters. The van der Waals surface area contributed by atoms with Gasteiger partial charge >= 0.3 is 0 Å². The number of hydrogen-bond acceptors (Lipinski definition) is 4. The Morgan fingerprint density at radius 1 is 1.05 bits per heavy atom. The first-order valence-electron chi connectivity index (χ1n) is 5.42. The van der Waals surface area contributed by atoms with Crippen LogP contribution in [-0.2, 0) is 10.0 Å². The monoisotopic (exact) mass is 296 g/mol. The standard InChI is InChI=1S/C12H9FN2O4S/c13-10-7-4-8-11(15(16)17)12(10)20(18,19)14-9-5-2-1-3-6-9/h1-8,14H. The summed E-state index contributed by atoms with van der Waals surface area (Å²) >= 11 is 0. The van der Waals surface area contributed by atoms with Crippen molar-refractivity contribution in [3.8, 4) is 0 Å². The number of nitrogens with one attached hydrogen (secondary N) is 1. The van der Waals surface area contributed by atoms with E-state index in [1.54, 1.807) is 18.2 Å². The van der Waals surface area contributed by atoms with Gasteiger partial charge in [0.15, 0.2) is 5.82 Å². The fourth-order valence-electron chi connectivity index (χ4n) is 1.62. The summed E-state index contributed by atoms with van der Waals surface area (Å²) in [6, 6.07) is 10.6. The van der Waals surface area contributed by atoms with E-state index in [0.29, 0.717) is 0 Å². The molecular weight excluding hydrogens is 287 g/mol. The lowest BCUT2D eigenvalue weighted by Gasteiger charge is -2.08. The van der Waals surface area contributed by atoms with Crippen LogP contribution in [0.4, 0.5) is 15.8 Å². The maximum Gasteiger partial charge on any atom is 0.292 e. The molecule has 6 nitrogen and oxygen atoms in total. The van der Waals surface area contributed by atoms with Crippen LogP contribution in [0, 0.1) is 15.9 Å². The third kappa shape index (κ3) is 2.75. The van der Waals surface area contributed by atoms with E-state index >= 15 is 0 Å². The van der Waals surface area contributed by atoms with Crippen molar-refractivity contribution < 1.29 is 17.7 Å². The number of nitrogens with zero attached hydrogens (tertiary/aromatic N) is 1. The van der Waals surface area contributed by atoms with Crippen LogP contribution in [0.25, 0.3) is 0 Å². The SMILES string of the molecule is O=[N+]([O-])c1cccc(F)c1S(=O)(=O)Nc1ccccc1. The first kappa shape index (κ1) is 13.9. The van der Waals surface area contributed by atoms with Crippen molar-refractivity contribution in [1.82, 2.24) is 0 Å². The van der Waals surface area contributed by atoms with Gasteiger partial charge in [-0.3, -0.25) is 14.8 Å². The topological polar surface area (TPSA) is 89.3 Å². The maximum atomic E-state index is 13.7. The van der Waals surface area contributed by atoms with Crippen LogP contribution in [0.2, 0.25) is 0 Å². The Bertz CT molecular complexity index is 747. The summed E-state index contributed by atoms with van der Waals surface area (Å²) in [6.45, 7) is 0. The molecule has 2 aromatic rings. The third-order valence-corrected chi connectivity index (χ3v) is 3.88. The fraction of sp³-hybridized carbons (Fsp3) is 0. The Labute approximate surface area is 114 Å². The van der Waals surface area contributed by atoms with Crippen molar-refractivity contribution in [2.75, 3.05) is 4.72 Å². The predicted octanol–water partition coefficient (Wildman–Crippen LogP) is 2.53. The molecule has 0 aliphatic carbocycles. The third-order valence-electron chi connectivity index (χ3n) is 2.44. The first-order valence-corrected chi connectivity index (χ1v) is 6.91. The molecule has 0 saturated heterocycles. The van der Waals surface area contributed by atoms with E-state index in [2.05, 4.69) is 4.72 Å². The van der Waals surface area contributed by atoms with E-state index in [1.165, 1.54) is 12.1 Å². The number of hydrogen-bond donors (Lipinski definition) is 1. The summed E-state index contributed by atoms with van der Waals surface area (Å²) < 4.78 is 40.0. The zero-order valence-corrected chi connectivity index (χ0v) is 10.8. The van der Waals surface area contributed by atoms with Crippen LogP contribution in [0.5, 0.6) is 0 Å². The molecule has 0 fully saturated rings. The van der Waals surface area contributed by atoms with Gasteiger partial charge in [0, 0.05) is 11.8 Å². The van der Waals surface area contributed by atoms with Gasteiger partial charge in [0.25, 0.3) is 15.7 Å². The Hall–Kier alpha value is -2.48. The second kappa shape index (κ2) is 5.25. The molecule has 0 bridgehead atoms. The smallest absolute Gasteiger partial charge is 0.279 e. The van der Waals surface area contributed by atoms with Gasteiger partial charge in [0.1, 0.15) is 0 Å². The van der Waals surface area contributed by atoms with Crippen LogP contribution < -0.4 is 4.72 Å². The van der Waals surface area contributed by atoms with Gasteiger partial charge < -0.3 is 0 Å². The molecule has 104 valence electrons. The zero-order chi connectivity index (χ0) is 14.8. The highest BCUT2D eigenvalue weighted by Gasteiger charge is 2.29. The summed E-state index contributed by atoms with van der Waals surface area (Å²) in [7, 11) is -4.39. The van der Waals surface area contributed by atoms with E-state index in [1.807, 2.05) is 0 Å². The van der Waals surface area contributed by atoms with Gasteiger partial charge in [0.2, 0.25) is 4.90 Å². The molecule has 0 atom stereocenters. The van der Waals surface area contributed by atoms with Crippen LogP contribution in [0.15, 0.2) is 53.4 Å². The minimum Gasteiger partial charge on any atom is -0.279 e. The average Bonchev–Trinajstić information content (AvgIpc) is 2.38. The van der Waals surface area contributed by atoms with Crippen LogP contribution >= 0.6 is 0 Å². The molecule has 0 amide bonds. The minimum absolute atomic E-state index is 0.185. The van der Waals surface area contributed by atoms with E-state index in [4.69, 9.17) is 0 Å². The number of para-hydroxylation sites is 1. The average molecular weight is 296 g/mol. The lowest BCUT2D eigenvalue weighted by molar-refractivity contribution is -0.388. The van der Waals surface area contributed by atoms with Crippen molar-refractivity contribution >= 4 is 21.4 Å². The maximum absolute atomic E-state index is 13.7. The van der Waals surface area contributed by atoms with Crippen molar-refractivity contribution in [2.24, 2.45) is 0 Å². The molecule has 0 heterocycles. The summed E-state index contributed by atoms with van der Waals surface area (Å²) in [5.41, 5.74) is -0.626. The number of benzene rings is 2. The number of nitro groups is 1. The zero-order valence-electron chi connectivity index (χ0n) is 9.99. The predicted molar refractivity (Wildman–Crippen MR) is 70.3 cm³/mol. The largest absolute Gasteiger partial charge is 0.292 e. The normalized spacial score (nSPS) is 11.1. The van der Waals surface area contributed by atoms with Crippen LogP contribution in [0.3, 0.4) is 0 Å². The number of nitro benzene ring substituents is 1. The van der Waals surface area contributed by atoms with E-state index in [9.17, 15) is 22.9 Å². The van der Waals surface area contributed by atoms with Gasteiger partial charge in [-0.25, -0.2) is 12.8 Å². The number of halogens is 1. The molecular formula is C12H9FN2O4S. The van der Waals surface area contributed by atoms with E-state index in [-0.39, 0.29) is 5.69 Å². The van der Waals surface area contributed by atoms with Crippen LogP contribution in [-0.4, -0.2) is 13.3 Å². The molecule has 8 heteroatoms. The highest BCUT2D eigenvalue weighted by Crippen LogP contribution is 2.28. The van der Waals surface area contributed by atoms with Gasteiger partial charge in [-0.15, -0.1) is 0 Å². The lowest BCUT2D eigenvalue weighted by Crippen LogP contribution is -2.16. The van der Waals surface area contributed by atoms with Gasteiger partial charge in [0.05, 0.1) is 4.92 Å². The molecule has 0 radical (unpaired) electrons. The Morgan fingerprint density at radius 2 is 1.70 bits per heavy atom. The first-order chi connectivity index (χ1) is 9.42. The summed E-state index contributed by atoms with van der Waals surface area (Å²) in [6.07, 6.45) is 0. The van der Waals surface area contributed by atoms with E-state index < -0.39 is 31.3 Å². The van der Waals surface area contributed by atoms with Gasteiger partial charge in [-0.05, 0) is 18.2 Å². The lowest BCUT2D eigenvalue weighted by atomic mass is 10.3. The Kier molecular flexibility index (Phi) is 3.66. The van der Waals surface area contributed by atoms with Gasteiger partial charge in [-0.2, -0.15) is 0 Å². The van der Waals surface area contributed by atoms with Crippen molar-refractivity contribution in [3.63, 3.8) is 0 Å². The highest BCUT2D eigenvalue weighted by atomic mass is 32.2. The molecule has 0 aliphatic heterocycles. The molecule has 2 rings (SSSR count). The molecule has 20 heavy (non-hydrogen) atoms.